The van der Waals surface area contributed by atoms with E-state index in [0.717, 1.165) is 11.1 Å². The summed E-state index contributed by atoms with van der Waals surface area (Å²) < 4.78 is 40.0. The first-order chi connectivity index (χ1) is 14.3. The summed E-state index contributed by atoms with van der Waals surface area (Å²) in [5.74, 6) is -0.819. The number of aliphatic hydroxyl groups is 1. The zero-order valence-electron chi connectivity index (χ0n) is 15.7. The van der Waals surface area contributed by atoms with Gasteiger partial charge in [0.25, 0.3) is 5.91 Å². The third-order valence-corrected chi connectivity index (χ3v) is 4.98. The Kier molecular flexibility index (Phi) is 4.91. The van der Waals surface area contributed by atoms with Crippen molar-refractivity contribution >= 4 is 11.6 Å². The molecule has 4 nitrogen and oxygen atoms in total. The van der Waals surface area contributed by atoms with Gasteiger partial charge in [0.15, 0.2) is 5.72 Å². The van der Waals surface area contributed by atoms with Gasteiger partial charge in [-0.2, -0.15) is 23.3 Å². The third kappa shape index (κ3) is 3.59. The molecule has 30 heavy (non-hydrogen) atoms. The van der Waals surface area contributed by atoms with Gasteiger partial charge in [-0.15, -0.1) is 0 Å². The maximum Gasteiger partial charge on any atom is 0.431 e. The van der Waals surface area contributed by atoms with E-state index in [-0.39, 0.29) is 11.1 Å². The molecule has 1 N–H and O–H groups in total. The Labute approximate surface area is 170 Å². The van der Waals surface area contributed by atoms with Gasteiger partial charge >= 0.3 is 6.18 Å². The van der Waals surface area contributed by atoms with Crippen molar-refractivity contribution in [3.63, 3.8) is 0 Å². The Morgan fingerprint density at radius 1 is 0.867 bits per heavy atom. The van der Waals surface area contributed by atoms with E-state index in [1.54, 1.807) is 30.3 Å². The predicted molar refractivity (Wildman–Crippen MR) is 106 cm³/mol. The molecular weight excluding hydrogens is 393 g/mol. The SMILES string of the molecule is O=C(c1ccc(-c2ccccc2)cc1)N1N=C(C(F)(F)F)CC1(O)c1ccccc1. The van der Waals surface area contributed by atoms with E-state index in [0.29, 0.717) is 5.01 Å². The molecule has 0 aliphatic carbocycles. The van der Waals surface area contributed by atoms with Crippen molar-refractivity contribution < 1.29 is 23.1 Å². The highest BCUT2D eigenvalue weighted by molar-refractivity contribution is 6.00. The second kappa shape index (κ2) is 7.42. The van der Waals surface area contributed by atoms with Crippen LogP contribution in [0.2, 0.25) is 0 Å². The first-order valence-corrected chi connectivity index (χ1v) is 9.22. The maximum absolute atomic E-state index is 13.3. The first kappa shape index (κ1) is 19.8. The minimum absolute atomic E-state index is 0.121. The van der Waals surface area contributed by atoms with Gasteiger partial charge < -0.3 is 5.11 Å². The topological polar surface area (TPSA) is 52.9 Å². The van der Waals surface area contributed by atoms with Gasteiger partial charge in [0.2, 0.25) is 0 Å². The number of hydrazone groups is 1. The minimum Gasteiger partial charge on any atom is -0.365 e. The van der Waals surface area contributed by atoms with E-state index in [1.165, 1.54) is 24.3 Å². The number of hydrogen-bond donors (Lipinski definition) is 1. The molecule has 7 heteroatoms. The van der Waals surface area contributed by atoms with Crippen molar-refractivity contribution in [2.45, 2.75) is 18.3 Å². The Bertz CT molecular complexity index is 1080. The number of rotatable bonds is 3. The zero-order valence-corrected chi connectivity index (χ0v) is 15.7. The molecule has 3 aromatic rings. The molecule has 1 heterocycles. The van der Waals surface area contributed by atoms with Crippen molar-refractivity contribution in [2.24, 2.45) is 5.10 Å². The largest absolute Gasteiger partial charge is 0.431 e. The van der Waals surface area contributed by atoms with E-state index < -0.39 is 29.9 Å². The van der Waals surface area contributed by atoms with Gasteiger partial charge in [-0.3, -0.25) is 4.79 Å². The fourth-order valence-electron chi connectivity index (χ4n) is 3.41. The van der Waals surface area contributed by atoms with Crippen molar-refractivity contribution in [1.29, 1.82) is 0 Å². The minimum atomic E-state index is -4.76. The lowest BCUT2D eigenvalue weighted by molar-refractivity contribution is -0.0816. The van der Waals surface area contributed by atoms with Crippen LogP contribution in [0.3, 0.4) is 0 Å². The number of alkyl halides is 3. The molecule has 1 aliphatic rings. The highest BCUT2D eigenvalue weighted by Gasteiger charge is 2.53. The van der Waals surface area contributed by atoms with Gasteiger partial charge in [-0.1, -0.05) is 72.8 Å². The average molecular weight is 410 g/mol. The molecule has 1 unspecified atom stereocenters. The number of carbonyl (C=O) groups excluding carboxylic acids is 1. The monoisotopic (exact) mass is 410 g/mol. The Morgan fingerprint density at radius 3 is 1.97 bits per heavy atom. The molecule has 0 saturated heterocycles. The van der Waals surface area contributed by atoms with Crippen LogP contribution >= 0.6 is 0 Å². The summed E-state index contributed by atoms with van der Waals surface area (Å²) in [7, 11) is 0. The van der Waals surface area contributed by atoms with Crippen molar-refractivity contribution in [3.8, 4) is 11.1 Å². The van der Waals surface area contributed by atoms with Crippen LogP contribution in [-0.4, -0.2) is 27.9 Å². The first-order valence-electron chi connectivity index (χ1n) is 9.22. The number of halogens is 3. The number of benzene rings is 3. The molecule has 0 aromatic heterocycles. The van der Waals surface area contributed by atoms with Crippen LogP contribution in [0.15, 0.2) is 90.0 Å². The quantitative estimate of drug-likeness (QED) is 0.663. The highest BCUT2D eigenvalue weighted by Crippen LogP contribution is 2.40. The molecule has 1 aliphatic heterocycles. The van der Waals surface area contributed by atoms with Gasteiger partial charge in [-0.05, 0) is 23.3 Å². The van der Waals surface area contributed by atoms with E-state index >= 15 is 0 Å². The lowest BCUT2D eigenvalue weighted by Gasteiger charge is -2.31. The van der Waals surface area contributed by atoms with Gasteiger partial charge in [0.05, 0.1) is 6.42 Å². The van der Waals surface area contributed by atoms with Gasteiger partial charge in [-0.25, -0.2) is 0 Å². The fraction of sp³-hybridized carbons (Fsp3) is 0.130. The summed E-state index contributed by atoms with van der Waals surface area (Å²) in [6, 6.07) is 23.6. The van der Waals surface area contributed by atoms with Crippen LogP contribution in [0.25, 0.3) is 11.1 Å². The molecule has 4 rings (SSSR count). The van der Waals surface area contributed by atoms with Gasteiger partial charge in [0.1, 0.15) is 5.71 Å². The summed E-state index contributed by atoms with van der Waals surface area (Å²) >= 11 is 0. The lowest BCUT2D eigenvalue weighted by atomic mass is 9.96. The van der Waals surface area contributed by atoms with E-state index in [2.05, 4.69) is 5.10 Å². The second-order valence-corrected chi connectivity index (χ2v) is 6.96. The lowest BCUT2D eigenvalue weighted by Crippen LogP contribution is -2.43. The number of hydrogen-bond acceptors (Lipinski definition) is 3. The van der Waals surface area contributed by atoms with Crippen molar-refractivity contribution in [3.05, 3.63) is 96.1 Å². The standard InChI is InChI=1S/C23H17F3N2O2/c24-23(25,26)20-15-22(30,19-9-5-2-6-10-19)28(27-20)21(29)18-13-11-17(12-14-18)16-7-3-1-4-8-16/h1-14,30H,15H2. The van der Waals surface area contributed by atoms with Crippen LogP contribution in [0.4, 0.5) is 13.2 Å². The van der Waals surface area contributed by atoms with E-state index in [1.807, 2.05) is 30.3 Å². The fourth-order valence-corrected chi connectivity index (χ4v) is 3.41. The van der Waals surface area contributed by atoms with Crippen molar-refractivity contribution in [1.82, 2.24) is 5.01 Å². The second-order valence-electron chi connectivity index (χ2n) is 6.96. The molecule has 0 radical (unpaired) electrons. The molecule has 0 saturated carbocycles. The molecule has 0 spiro atoms. The highest BCUT2D eigenvalue weighted by atomic mass is 19.4. The van der Waals surface area contributed by atoms with Crippen LogP contribution in [0.5, 0.6) is 0 Å². The maximum atomic E-state index is 13.3. The summed E-state index contributed by atoms with van der Waals surface area (Å²) in [6.07, 6.45) is -5.59. The third-order valence-electron chi connectivity index (χ3n) is 4.98. The summed E-state index contributed by atoms with van der Waals surface area (Å²) in [5.41, 5.74) is -1.36. The van der Waals surface area contributed by atoms with Crippen LogP contribution in [0, 0.1) is 0 Å². The normalized spacial score (nSPS) is 18.9. The molecule has 1 atom stereocenters. The smallest absolute Gasteiger partial charge is 0.365 e. The molecule has 152 valence electrons. The van der Waals surface area contributed by atoms with E-state index in [4.69, 9.17) is 0 Å². The average Bonchev–Trinajstić information content (AvgIpc) is 3.14. The van der Waals surface area contributed by atoms with E-state index in [9.17, 15) is 23.1 Å². The van der Waals surface area contributed by atoms with Crippen LogP contribution in [-0.2, 0) is 5.72 Å². The van der Waals surface area contributed by atoms with Crippen LogP contribution in [0.1, 0.15) is 22.3 Å². The number of nitrogens with zero attached hydrogens (tertiary/aromatic N) is 2. The Balaban J connectivity index is 1.70. The molecule has 0 bridgehead atoms. The number of carbonyl (C=O) groups is 1. The molecule has 1 amide bonds. The Hall–Kier alpha value is -3.45. The predicted octanol–water partition coefficient (Wildman–Crippen LogP) is 4.96. The zero-order chi connectivity index (χ0) is 21.4. The summed E-state index contributed by atoms with van der Waals surface area (Å²) in [6.45, 7) is 0. The van der Waals surface area contributed by atoms with Gasteiger partial charge in [0, 0.05) is 11.1 Å². The number of amides is 1. The summed E-state index contributed by atoms with van der Waals surface area (Å²) in [5, 5.41) is 15.1. The molecule has 0 fully saturated rings. The Morgan fingerprint density at radius 2 is 1.40 bits per heavy atom. The summed E-state index contributed by atoms with van der Waals surface area (Å²) in [4.78, 5) is 13.0. The van der Waals surface area contributed by atoms with Crippen LogP contribution < -0.4 is 0 Å². The molecule has 3 aromatic carbocycles. The van der Waals surface area contributed by atoms with Crippen molar-refractivity contribution in [2.75, 3.05) is 0 Å². The molecular formula is C23H17F3N2O2.